The third-order valence-corrected chi connectivity index (χ3v) is 6.81. The number of ether oxygens (including phenoxy) is 1. The number of hydrogen-bond acceptors (Lipinski definition) is 5. The van der Waals surface area contributed by atoms with E-state index in [2.05, 4.69) is 26.8 Å². The maximum atomic E-state index is 13.0. The smallest absolute Gasteiger partial charge is 0.249 e. The van der Waals surface area contributed by atoms with Gasteiger partial charge in [0.2, 0.25) is 11.8 Å². The van der Waals surface area contributed by atoms with Crippen molar-refractivity contribution < 1.29 is 14.3 Å². The molecule has 0 spiro atoms. The van der Waals surface area contributed by atoms with Gasteiger partial charge in [-0.05, 0) is 31.9 Å². The first kappa shape index (κ1) is 19.8. The molecule has 4 rings (SSSR count). The Morgan fingerprint density at radius 1 is 1.17 bits per heavy atom. The van der Waals surface area contributed by atoms with E-state index in [9.17, 15) is 9.59 Å². The van der Waals surface area contributed by atoms with Crippen molar-refractivity contribution in [1.82, 2.24) is 4.90 Å². The van der Waals surface area contributed by atoms with Crippen molar-refractivity contribution in [3.05, 3.63) is 51.4 Å². The van der Waals surface area contributed by atoms with Crippen LogP contribution in [-0.4, -0.2) is 61.8 Å². The van der Waals surface area contributed by atoms with E-state index in [0.29, 0.717) is 26.3 Å². The van der Waals surface area contributed by atoms with Crippen molar-refractivity contribution in [3.63, 3.8) is 0 Å². The molecule has 0 atom stereocenters. The summed E-state index contributed by atoms with van der Waals surface area (Å²) >= 11 is 1.56. The number of aryl methyl sites for hydroxylation is 2. The number of hydrogen-bond donors (Lipinski definition) is 0. The Hall–Kier alpha value is -2.51. The highest BCUT2D eigenvalue weighted by Gasteiger charge is 2.32. The van der Waals surface area contributed by atoms with E-state index in [4.69, 9.17) is 9.73 Å². The molecule has 7 heteroatoms. The van der Waals surface area contributed by atoms with Crippen LogP contribution in [0.25, 0.3) is 0 Å². The minimum atomic E-state index is -0.141. The molecule has 1 saturated heterocycles. The van der Waals surface area contributed by atoms with E-state index in [-0.39, 0.29) is 24.9 Å². The van der Waals surface area contributed by atoms with Gasteiger partial charge in [-0.1, -0.05) is 24.3 Å². The number of carbonyl (C=O) groups is 2. The molecule has 2 aromatic rings. The van der Waals surface area contributed by atoms with Crippen LogP contribution in [0.5, 0.6) is 0 Å². The van der Waals surface area contributed by atoms with Crippen molar-refractivity contribution in [2.24, 2.45) is 4.99 Å². The molecular formula is C22H25N3O3S. The topological polar surface area (TPSA) is 62.2 Å². The van der Waals surface area contributed by atoms with Gasteiger partial charge < -0.3 is 9.64 Å². The zero-order valence-corrected chi connectivity index (χ0v) is 17.8. The summed E-state index contributed by atoms with van der Waals surface area (Å²) in [4.78, 5) is 35.1. The normalized spacial score (nSPS) is 17.1. The molecule has 29 heavy (non-hydrogen) atoms. The van der Waals surface area contributed by atoms with Crippen molar-refractivity contribution in [3.8, 4) is 0 Å². The van der Waals surface area contributed by atoms with Crippen LogP contribution in [0.15, 0.2) is 29.3 Å². The number of morpholine rings is 1. The van der Waals surface area contributed by atoms with Crippen molar-refractivity contribution in [2.75, 3.05) is 44.3 Å². The number of rotatable bonds is 3. The van der Waals surface area contributed by atoms with E-state index < -0.39 is 0 Å². The van der Waals surface area contributed by atoms with Crippen LogP contribution in [0.1, 0.15) is 27.1 Å². The molecule has 0 unspecified atom stereocenters. The zero-order chi connectivity index (χ0) is 20.5. The largest absolute Gasteiger partial charge is 0.378 e. The lowest BCUT2D eigenvalue weighted by Gasteiger charge is -2.29. The van der Waals surface area contributed by atoms with Crippen LogP contribution < -0.4 is 4.90 Å². The first-order valence-electron chi connectivity index (χ1n) is 9.84. The highest BCUT2D eigenvalue weighted by Crippen LogP contribution is 2.39. The monoisotopic (exact) mass is 411 g/mol. The van der Waals surface area contributed by atoms with Gasteiger partial charge >= 0.3 is 0 Å². The summed E-state index contributed by atoms with van der Waals surface area (Å²) in [6.45, 7) is 8.49. The lowest BCUT2D eigenvalue weighted by atomic mass is 9.96. The van der Waals surface area contributed by atoms with Gasteiger partial charge in [-0.3, -0.25) is 19.5 Å². The molecule has 0 bridgehead atoms. The third kappa shape index (κ3) is 3.72. The highest BCUT2D eigenvalue weighted by atomic mass is 32.1. The number of nitrogens with zero attached hydrogens (tertiary/aromatic N) is 3. The van der Waals surface area contributed by atoms with Crippen LogP contribution in [0, 0.1) is 20.8 Å². The standard InChI is InChI=1S/C22H25N3O3S/c1-14-6-4-5-7-17(14)21-20-15(2)16(3)29-22(20)25(18(26)12-23-21)13-19(27)24-8-10-28-11-9-24/h4-7H,8-13H2,1-3H3. The van der Waals surface area contributed by atoms with Crippen molar-refractivity contribution in [1.29, 1.82) is 0 Å². The van der Waals surface area contributed by atoms with Crippen LogP contribution in [0.3, 0.4) is 0 Å². The predicted octanol–water partition coefficient (Wildman–Crippen LogP) is 2.72. The fourth-order valence-electron chi connectivity index (χ4n) is 3.77. The summed E-state index contributed by atoms with van der Waals surface area (Å²) in [6.07, 6.45) is 0. The van der Waals surface area contributed by atoms with Crippen LogP contribution in [0.4, 0.5) is 5.00 Å². The predicted molar refractivity (Wildman–Crippen MR) is 115 cm³/mol. The Labute approximate surface area is 174 Å². The Morgan fingerprint density at radius 2 is 1.90 bits per heavy atom. The molecule has 2 aliphatic rings. The minimum Gasteiger partial charge on any atom is -0.378 e. The lowest BCUT2D eigenvalue weighted by molar-refractivity contribution is -0.134. The molecule has 2 aliphatic heterocycles. The fourth-order valence-corrected chi connectivity index (χ4v) is 4.94. The molecule has 0 radical (unpaired) electrons. The molecule has 152 valence electrons. The SMILES string of the molecule is Cc1ccccc1C1=NCC(=O)N(CC(=O)N2CCOCC2)c2sc(C)c(C)c21. The fraction of sp³-hybridized carbons (Fsp3) is 0.409. The Kier molecular flexibility index (Phi) is 5.52. The van der Waals surface area contributed by atoms with E-state index in [0.717, 1.165) is 37.8 Å². The van der Waals surface area contributed by atoms with Crippen LogP contribution >= 0.6 is 11.3 Å². The summed E-state index contributed by atoms with van der Waals surface area (Å²) in [5.41, 5.74) is 5.08. The molecule has 1 aromatic heterocycles. The molecule has 6 nitrogen and oxygen atoms in total. The summed E-state index contributed by atoms with van der Waals surface area (Å²) in [5, 5.41) is 0.825. The quantitative estimate of drug-likeness (QED) is 0.780. The van der Waals surface area contributed by atoms with E-state index in [1.165, 1.54) is 0 Å². The van der Waals surface area contributed by atoms with Gasteiger partial charge in [0.15, 0.2) is 0 Å². The Morgan fingerprint density at radius 3 is 2.62 bits per heavy atom. The zero-order valence-electron chi connectivity index (χ0n) is 17.0. The van der Waals surface area contributed by atoms with Gasteiger partial charge in [0.05, 0.1) is 18.9 Å². The lowest BCUT2D eigenvalue weighted by Crippen LogP contribution is -2.47. The molecule has 2 amide bonds. The number of benzene rings is 1. The van der Waals surface area contributed by atoms with Gasteiger partial charge in [-0.25, -0.2) is 0 Å². The van der Waals surface area contributed by atoms with Crippen LogP contribution in [-0.2, 0) is 14.3 Å². The summed E-state index contributed by atoms with van der Waals surface area (Å²) < 4.78 is 5.34. The second-order valence-corrected chi connectivity index (χ2v) is 8.62. The van der Waals surface area contributed by atoms with E-state index >= 15 is 0 Å². The average Bonchev–Trinajstić information content (AvgIpc) is 2.94. The number of carbonyl (C=O) groups excluding carboxylic acids is 2. The average molecular weight is 412 g/mol. The number of thiophene rings is 1. The molecule has 0 saturated carbocycles. The van der Waals surface area contributed by atoms with E-state index in [1.54, 1.807) is 21.1 Å². The summed E-state index contributed by atoms with van der Waals surface area (Å²) in [6, 6.07) is 8.09. The second kappa shape index (κ2) is 8.08. The summed E-state index contributed by atoms with van der Waals surface area (Å²) in [7, 11) is 0. The molecule has 3 heterocycles. The summed E-state index contributed by atoms with van der Waals surface area (Å²) in [5.74, 6) is -0.187. The molecule has 1 aromatic carbocycles. The number of fused-ring (bicyclic) bond motifs is 1. The van der Waals surface area contributed by atoms with Gasteiger partial charge in [-0.15, -0.1) is 11.3 Å². The molecule has 1 fully saturated rings. The maximum Gasteiger partial charge on any atom is 0.249 e. The highest BCUT2D eigenvalue weighted by molar-refractivity contribution is 7.17. The van der Waals surface area contributed by atoms with Gasteiger partial charge in [-0.2, -0.15) is 0 Å². The first-order chi connectivity index (χ1) is 14.0. The molecular weight excluding hydrogens is 386 g/mol. The minimum absolute atomic E-state index is 0.0416. The first-order valence-corrected chi connectivity index (χ1v) is 10.7. The Bertz CT molecular complexity index is 989. The number of aliphatic imine (C=N–C) groups is 1. The second-order valence-electron chi connectivity index (χ2n) is 7.42. The van der Waals surface area contributed by atoms with Crippen molar-refractivity contribution >= 4 is 33.9 Å². The Balaban J connectivity index is 1.74. The maximum absolute atomic E-state index is 13.0. The third-order valence-electron chi connectivity index (χ3n) is 5.58. The molecule has 0 N–H and O–H groups in total. The number of amides is 2. The number of anilines is 1. The van der Waals surface area contributed by atoms with Crippen LogP contribution in [0.2, 0.25) is 0 Å². The van der Waals surface area contributed by atoms with Gasteiger partial charge in [0.1, 0.15) is 18.1 Å². The van der Waals surface area contributed by atoms with Crippen molar-refractivity contribution in [2.45, 2.75) is 20.8 Å². The van der Waals surface area contributed by atoms with Gasteiger partial charge in [0.25, 0.3) is 0 Å². The van der Waals surface area contributed by atoms with E-state index in [1.807, 2.05) is 18.2 Å². The van der Waals surface area contributed by atoms with Gasteiger partial charge in [0, 0.05) is 29.1 Å². The molecule has 0 aliphatic carbocycles.